The van der Waals surface area contributed by atoms with Crippen molar-refractivity contribution in [3.8, 4) is 18.1 Å². The molecule has 2 aromatic carbocycles. The quantitative estimate of drug-likeness (QED) is 0.506. The number of terminal acetylenes is 1. The van der Waals surface area contributed by atoms with Crippen LogP contribution in [-0.2, 0) is 22.3 Å². The molecule has 0 bridgehead atoms. The van der Waals surface area contributed by atoms with Crippen LogP contribution in [0.15, 0.2) is 46.4 Å². The number of benzene rings is 2. The third kappa shape index (κ3) is 5.93. The van der Waals surface area contributed by atoms with Gasteiger partial charge in [0.2, 0.25) is 0 Å². The first-order chi connectivity index (χ1) is 14.7. The van der Waals surface area contributed by atoms with Crippen molar-refractivity contribution in [2.24, 2.45) is 9.98 Å². The summed E-state index contributed by atoms with van der Waals surface area (Å²) < 4.78 is 16.3. The van der Waals surface area contributed by atoms with E-state index in [1.165, 1.54) is 0 Å². The fourth-order valence-electron chi connectivity index (χ4n) is 3.21. The third-order valence-corrected chi connectivity index (χ3v) is 4.69. The largest absolute Gasteiger partial charge is 0.491 e. The van der Waals surface area contributed by atoms with Crippen LogP contribution < -0.4 is 10.1 Å². The summed E-state index contributed by atoms with van der Waals surface area (Å²) >= 11 is 0. The molecule has 2 aromatic rings. The van der Waals surface area contributed by atoms with Crippen molar-refractivity contribution in [1.29, 1.82) is 0 Å². The van der Waals surface area contributed by atoms with E-state index in [0.717, 1.165) is 52.5 Å². The van der Waals surface area contributed by atoms with Crippen LogP contribution in [0.5, 0.6) is 5.75 Å². The van der Waals surface area contributed by atoms with Crippen LogP contribution in [0.4, 0.5) is 11.4 Å². The maximum Gasteiger partial charge on any atom is 0.124 e. The molecule has 3 rings (SSSR count). The number of hydrogen-bond donors (Lipinski definition) is 1. The van der Waals surface area contributed by atoms with Crippen molar-refractivity contribution in [3.63, 3.8) is 0 Å². The van der Waals surface area contributed by atoms with Crippen LogP contribution in [0.2, 0.25) is 0 Å². The van der Waals surface area contributed by atoms with Gasteiger partial charge < -0.3 is 19.5 Å². The van der Waals surface area contributed by atoms with Crippen LogP contribution in [0, 0.1) is 12.3 Å². The highest BCUT2D eigenvalue weighted by molar-refractivity contribution is 6.02. The van der Waals surface area contributed by atoms with Gasteiger partial charge in [-0.3, -0.25) is 0 Å². The molecule has 0 aliphatic carbocycles. The van der Waals surface area contributed by atoms with Gasteiger partial charge in [0.1, 0.15) is 24.5 Å². The molecule has 6 nitrogen and oxygen atoms in total. The van der Waals surface area contributed by atoms with E-state index in [4.69, 9.17) is 20.6 Å². The molecule has 0 saturated heterocycles. The predicted molar refractivity (Wildman–Crippen MR) is 121 cm³/mol. The fourth-order valence-corrected chi connectivity index (χ4v) is 3.21. The van der Waals surface area contributed by atoms with E-state index in [-0.39, 0.29) is 0 Å². The third-order valence-electron chi connectivity index (χ3n) is 4.69. The van der Waals surface area contributed by atoms with Gasteiger partial charge in [-0.2, -0.15) is 0 Å². The van der Waals surface area contributed by atoms with Crippen molar-refractivity contribution < 1.29 is 14.2 Å². The molecule has 0 spiro atoms. The van der Waals surface area contributed by atoms with E-state index >= 15 is 0 Å². The molecular weight excluding hydrogens is 378 g/mol. The maximum atomic E-state index is 5.95. The van der Waals surface area contributed by atoms with E-state index < -0.39 is 0 Å². The van der Waals surface area contributed by atoms with Crippen LogP contribution in [0.1, 0.15) is 23.1 Å². The van der Waals surface area contributed by atoms with Gasteiger partial charge in [0.15, 0.2) is 0 Å². The van der Waals surface area contributed by atoms with Crippen molar-refractivity contribution >= 4 is 23.5 Å². The molecule has 1 aliphatic rings. The number of methoxy groups -OCH3 is 2. The Balaban J connectivity index is 1.81. The summed E-state index contributed by atoms with van der Waals surface area (Å²) in [5.41, 5.74) is 4.81. The summed E-state index contributed by atoms with van der Waals surface area (Å²) in [7, 11) is 3.38. The lowest BCUT2D eigenvalue weighted by molar-refractivity contribution is 0.145. The van der Waals surface area contributed by atoms with Gasteiger partial charge in [0, 0.05) is 44.6 Å². The lowest BCUT2D eigenvalue weighted by Gasteiger charge is -2.15. The first-order valence-electron chi connectivity index (χ1n) is 9.93. The number of anilines is 1. The molecule has 0 aromatic heterocycles. The minimum absolute atomic E-state index is 0.491. The molecule has 0 saturated carbocycles. The molecule has 0 unspecified atom stereocenters. The Hall–Kier alpha value is -3.14. The number of nitrogens with zero attached hydrogens (tertiary/aromatic N) is 2. The highest BCUT2D eigenvalue weighted by Gasteiger charge is 2.15. The van der Waals surface area contributed by atoms with E-state index in [2.05, 4.69) is 27.3 Å². The highest BCUT2D eigenvalue weighted by atomic mass is 16.5. The van der Waals surface area contributed by atoms with Gasteiger partial charge in [0.05, 0.1) is 12.3 Å². The van der Waals surface area contributed by atoms with Gasteiger partial charge in [-0.25, -0.2) is 9.98 Å². The van der Waals surface area contributed by atoms with Gasteiger partial charge in [0.25, 0.3) is 0 Å². The molecule has 30 heavy (non-hydrogen) atoms. The summed E-state index contributed by atoms with van der Waals surface area (Å²) in [6, 6.07) is 11.9. The van der Waals surface area contributed by atoms with Crippen LogP contribution in [0.25, 0.3) is 0 Å². The van der Waals surface area contributed by atoms with Crippen molar-refractivity contribution in [1.82, 2.24) is 0 Å². The highest BCUT2D eigenvalue weighted by Crippen LogP contribution is 2.32. The zero-order valence-electron chi connectivity index (χ0n) is 17.5. The number of rotatable bonds is 9. The van der Waals surface area contributed by atoms with Crippen LogP contribution in [-0.4, -0.2) is 46.2 Å². The molecule has 0 radical (unpaired) electrons. The number of ether oxygens (including phenoxy) is 3. The summed E-state index contributed by atoms with van der Waals surface area (Å²) in [5.74, 6) is 4.29. The second-order valence-electron chi connectivity index (χ2n) is 6.87. The monoisotopic (exact) mass is 405 g/mol. The Morgan fingerprint density at radius 1 is 1.10 bits per heavy atom. The molecule has 0 amide bonds. The van der Waals surface area contributed by atoms with Crippen LogP contribution >= 0.6 is 0 Å². The minimum atomic E-state index is 0.491. The first-order valence-corrected chi connectivity index (χ1v) is 9.93. The lowest BCUT2D eigenvalue weighted by atomic mass is 10.0. The Kier molecular flexibility index (Phi) is 8.02. The molecular formula is C24H27N3O3. The van der Waals surface area contributed by atoms with Crippen molar-refractivity contribution in [3.05, 3.63) is 53.1 Å². The summed E-state index contributed by atoms with van der Waals surface area (Å²) in [5, 5.41) is 3.36. The predicted octanol–water partition coefficient (Wildman–Crippen LogP) is 4.00. The molecule has 6 heteroatoms. The van der Waals surface area contributed by atoms with Gasteiger partial charge >= 0.3 is 0 Å². The standard InChI is InChI=1S/C24H27N3O3/c1-4-18-7-5-9-21(13-18)27-24-15-20-14-19(8-6-10-28-2)23(30-12-11-29-3)16-22(20)25-17-26-24/h1,5,7,9,13-14,16-17H,6,8,10-12,15H2,2-3H3,(H,25,26,27). The molecule has 1 heterocycles. The van der Waals surface area contributed by atoms with E-state index in [1.807, 2.05) is 30.3 Å². The second kappa shape index (κ2) is 11.1. The molecule has 1 N–H and O–H groups in total. The average Bonchev–Trinajstić information content (AvgIpc) is 2.95. The Labute approximate surface area is 178 Å². The molecule has 156 valence electrons. The zero-order chi connectivity index (χ0) is 21.2. The van der Waals surface area contributed by atoms with Gasteiger partial charge in [-0.05, 0) is 48.2 Å². The number of aliphatic imine (C=N–C) groups is 2. The molecule has 1 aliphatic heterocycles. The maximum absolute atomic E-state index is 5.95. The van der Waals surface area contributed by atoms with E-state index in [9.17, 15) is 0 Å². The smallest absolute Gasteiger partial charge is 0.124 e. The fraction of sp³-hybridized carbons (Fsp3) is 0.333. The van der Waals surface area contributed by atoms with Gasteiger partial charge in [-0.1, -0.05) is 12.0 Å². The Morgan fingerprint density at radius 2 is 1.97 bits per heavy atom. The molecule has 0 atom stereocenters. The summed E-state index contributed by atoms with van der Waals surface area (Å²) in [4.78, 5) is 9.00. The lowest BCUT2D eigenvalue weighted by Crippen LogP contribution is -2.15. The Morgan fingerprint density at radius 3 is 2.77 bits per heavy atom. The van der Waals surface area contributed by atoms with E-state index in [0.29, 0.717) is 26.2 Å². The number of amidine groups is 1. The second-order valence-corrected chi connectivity index (χ2v) is 6.87. The van der Waals surface area contributed by atoms with Crippen molar-refractivity contribution in [2.45, 2.75) is 19.3 Å². The van der Waals surface area contributed by atoms with E-state index in [1.54, 1.807) is 20.6 Å². The number of nitrogens with one attached hydrogen (secondary N) is 1. The first kappa shape index (κ1) is 21.6. The van der Waals surface area contributed by atoms with Gasteiger partial charge in [-0.15, -0.1) is 6.42 Å². The number of hydrogen-bond acceptors (Lipinski definition) is 6. The minimum Gasteiger partial charge on any atom is -0.491 e. The van der Waals surface area contributed by atoms with Crippen LogP contribution in [0.3, 0.4) is 0 Å². The normalized spacial score (nSPS) is 12.5. The molecule has 0 fully saturated rings. The zero-order valence-corrected chi connectivity index (χ0v) is 17.5. The number of aryl methyl sites for hydroxylation is 1. The topological polar surface area (TPSA) is 64.4 Å². The average molecular weight is 405 g/mol. The summed E-state index contributed by atoms with van der Waals surface area (Å²) in [6.07, 6.45) is 9.48. The summed E-state index contributed by atoms with van der Waals surface area (Å²) in [6.45, 7) is 1.73. The SMILES string of the molecule is C#Cc1cccc(NC2=NC=Nc3cc(OCCOC)c(CCCOC)cc3C2)c1. The van der Waals surface area contributed by atoms with Crippen molar-refractivity contribution in [2.75, 3.05) is 39.4 Å². The Bertz CT molecular complexity index is 961. The number of fused-ring (bicyclic) bond motifs is 1.